The zero-order chi connectivity index (χ0) is 10.4. The van der Waals surface area contributed by atoms with Gasteiger partial charge < -0.3 is 9.84 Å². The number of carbonyl (C=O) groups is 1. The number of aliphatic carboxylic acids is 1. The van der Waals surface area contributed by atoms with Gasteiger partial charge >= 0.3 is 5.97 Å². The van der Waals surface area contributed by atoms with Crippen LogP contribution in [-0.4, -0.2) is 24.3 Å². The maximum absolute atomic E-state index is 10.2. The molecular formula is C10H20O3. The molecule has 0 unspecified atom stereocenters. The van der Waals surface area contributed by atoms with Crippen LogP contribution in [0.3, 0.4) is 0 Å². The lowest BCUT2D eigenvalue weighted by Gasteiger charge is -2.24. The fourth-order valence-corrected chi connectivity index (χ4v) is 1.44. The molecule has 0 aliphatic heterocycles. The second kappa shape index (κ2) is 5.97. The van der Waals surface area contributed by atoms with E-state index in [-0.39, 0.29) is 6.61 Å². The van der Waals surface area contributed by atoms with E-state index in [9.17, 15) is 4.79 Å². The van der Waals surface area contributed by atoms with Crippen molar-refractivity contribution < 1.29 is 14.6 Å². The van der Waals surface area contributed by atoms with Gasteiger partial charge in [-0.05, 0) is 17.8 Å². The standard InChI is InChI=1S/C10H20O3/c1-7(2)9(8(3)4)5-13-6-10(11)12/h7-9H,5-6H2,1-4H3,(H,11,12). The zero-order valence-corrected chi connectivity index (χ0v) is 8.91. The van der Waals surface area contributed by atoms with Crippen molar-refractivity contribution in [3.8, 4) is 0 Å². The molecule has 0 fully saturated rings. The summed E-state index contributed by atoms with van der Waals surface area (Å²) >= 11 is 0. The molecule has 0 bridgehead atoms. The highest BCUT2D eigenvalue weighted by molar-refractivity contribution is 5.67. The highest BCUT2D eigenvalue weighted by Gasteiger charge is 2.17. The van der Waals surface area contributed by atoms with E-state index in [0.717, 1.165) is 0 Å². The fourth-order valence-electron chi connectivity index (χ4n) is 1.44. The molecule has 3 nitrogen and oxygen atoms in total. The Hall–Kier alpha value is -0.570. The molecule has 0 heterocycles. The van der Waals surface area contributed by atoms with E-state index in [1.807, 2.05) is 0 Å². The fraction of sp³-hybridized carbons (Fsp3) is 0.900. The minimum atomic E-state index is -0.897. The van der Waals surface area contributed by atoms with Crippen molar-refractivity contribution in [1.82, 2.24) is 0 Å². The minimum Gasteiger partial charge on any atom is -0.480 e. The van der Waals surface area contributed by atoms with E-state index < -0.39 is 5.97 Å². The lowest BCUT2D eigenvalue weighted by molar-refractivity contribution is -0.143. The quantitative estimate of drug-likeness (QED) is 0.693. The van der Waals surface area contributed by atoms with E-state index in [1.165, 1.54) is 0 Å². The zero-order valence-electron chi connectivity index (χ0n) is 8.91. The first-order valence-electron chi connectivity index (χ1n) is 4.74. The average Bonchev–Trinajstić information content (AvgIpc) is 1.95. The van der Waals surface area contributed by atoms with E-state index in [1.54, 1.807) is 0 Å². The van der Waals surface area contributed by atoms with Crippen LogP contribution in [0.1, 0.15) is 27.7 Å². The van der Waals surface area contributed by atoms with Gasteiger partial charge in [-0.2, -0.15) is 0 Å². The Bertz CT molecular complexity index is 144. The summed E-state index contributed by atoms with van der Waals surface area (Å²) in [6.07, 6.45) is 0. The highest BCUT2D eigenvalue weighted by atomic mass is 16.5. The van der Waals surface area contributed by atoms with Crippen LogP contribution in [0.15, 0.2) is 0 Å². The Labute approximate surface area is 80.1 Å². The molecule has 78 valence electrons. The summed E-state index contributed by atoms with van der Waals surface area (Å²) in [4.78, 5) is 10.2. The van der Waals surface area contributed by atoms with Crippen LogP contribution >= 0.6 is 0 Å². The van der Waals surface area contributed by atoms with Crippen molar-refractivity contribution in [1.29, 1.82) is 0 Å². The first kappa shape index (κ1) is 12.4. The molecule has 3 heteroatoms. The van der Waals surface area contributed by atoms with Gasteiger partial charge in [0.15, 0.2) is 0 Å². The van der Waals surface area contributed by atoms with Gasteiger partial charge in [-0.3, -0.25) is 0 Å². The van der Waals surface area contributed by atoms with Crippen LogP contribution in [0.2, 0.25) is 0 Å². The molecule has 0 saturated heterocycles. The highest BCUT2D eigenvalue weighted by Crippen LogP contribution is 2.20. The first-order valence-corrected chi connectivity index (χ1v) is 4.74. The predicted octanol–water partition coefficient (Wildman–Crippen LogP) is 2.02. The smallest absolute Gasteiger partial charge is 0.329 e. The first-order chi connectivity index (χ1) is 5.95. The monoisotopic (exact) mass is 188 g/mol. The summed E-state index contributed by atoms with van der Waals surface area (Å²) < 4.78 is 5.08. The second-order valence-electron chi connectivity index (χ2n) is 4.06. The number of rotatable bonds is 6. The molecular weight excluding hydrogens is 168 g/mol. The van der Waals surface area contributed by atoms with Crippen LogP contribution in [-0.2, 0) is 9.53 Å². The number of hydrogen-bond acceptors (Lipinski definition) is 2. The normalized spacial score (nSPS) is 11.6. The Balaban J connectivity index is 3.77. The van der Waals surface area contributed by atoms with Gasteiger partial charge in [0.05, 0.1) is 6.61 Å². The van der Waals surface area contributed by atoms with E-state index in [0.29, 0.717) is 24.4 Å². The Morgan fingerprint density at radius 1 is 1.23 bits per heavy atom. The molecule has 13 heavy (non-hydrogen) atoms. The van der Waals surface area contributed by atoms with Crippen molar-refractivity contribution >= 4 is 5.97 Å². The summed E-state index contributed by atoms with van der Waals surface area (Å²) in [5.41, 5.74) is 0. The van der Waals surface area contributed by atoms with Crippen molar-refractivity contribution in [3.63, 3.8) is 0 Å². The van der Waals surface area contributed by atoms with E-state index in [4.69, 9.17) is 9.84 Å². The lowest BCUT2D eigenvalue weighted by Crippen LogP contribution is -2.23. The van der Waals surface area contributed by atoms with E-state index >= 15 is 0 Å². The largest absolute Gasteiger partial charge is 0.480 e. The van der Waals surface area contributed by atoms with Crippen LogP contribution in [0.25, 0.3) is 0 Å². The van der Waals surface area contributed by atoms with E-state index in [2.05, 4.69) is 27.7 Å². The average molecular weight is 188 g/mol. The molecule has 0 spiro atoms. The van der Waals surface area contributed by atoms with Crippen molar-refractivity contribution in [2.45, 2.75) is 27.7 Å². The minimum absolute atomic E-state index is 0.185. The second-order valence-corrected chi connectivity index (χ2v) is 4.06. The molecule has 0 rings (SSSR count). The molecule has 0 saturated carbocycles. The van der Waals surface area contributed by atoms with Gasteiger partial charge in [-0.25, -0.2) is 4.79 Å². The van der Waals surface area contributed by atoms with Crippen LogP contribution in [0, 0.1) is 17.8 Å². The van der Waals surface area contributed by atoms with Gasteiger partial charge in [0.1, 0.15) is 6.61 Å². The van der Waals surface area contributed by atoms with Gasteiger partial charge in [0, 0.05) is 0 Å². The van der Waals surface area contributed by atoms with Crippen LogP contribution in [0.4, 0.5) is 0 Å². The van der Waals surface area contributed by atoms with Crippen molar-refractivity contribution in [3.05, 3.63) is 0 Å². The SMILES string of the molecule is CC(C)C(COCC(=O)O)C(C)C. The Morgan fingerprint density at radius 2 is 1.69 bits per heavy atom. The van der Waals surface area contributed by atoms with Crippen LogP contribution in [0.5, 0.6) is 0 Å². The van der Waals surface area contributed by atoms with Gasteiger partial charge in [-0.1, -0.05) is 27.7 Å². The third-order valence-corrected chi connectivity index (χ3v) is 2.25. The van der Waals surface area contributed by atoms with Crippen LogP contribution < -0.4 is 0 Å². The molecule has 1 N–H and O–H groups in total. The molecule has 0 aromatic carbocycles. The molecule has 0 aromatic heterocycles. The van der Waals surface area contributed by atoms with Gasteiger partial charge in [0.2, 0.25) is 0 Å². The Morgan fingerprint density at radius 3 is 2.00 bits per heavy atom. The molecule has 0 atom stereocenters. The maximum Gasteiger partial charge on any atom is 0.329 e. The van der Waals surface area contributed by atoms with Gasteiger partial charge in [-0.15, -0.1) is 0 Å². The number of carboxylic acid groups (broad SMARTS) is 1. The third kappa shape index (κ3) is 5.64. The van der Waals surface area contributed by atoms with Crippen molar-refractivity contribution in [2.75, 3.05) is 13.2 Å². The number of hydrogen-bond donors (Lipinski definition) is 1. The molecule has 0 amide bonds. The summed E-state index contributed by atoms with van der Waals surface area (Å²) in [5, 5.41) is 8.38. The summed E-state index contributed by atoms with van der Waals surface area (Å²) in [6.45, 7) is 8.89. The summed E-state index contributed by atoms with van der Waals surface area (Å²) in [7, 11) is 0. The van der Waals surface area contributed by atoms with Crippen molar-refractivity contribution in [2.24, 2.45) is 17.8 Å². The summed E-state index contributed by atoms with van der Waals surface area (Å²) in [6, 6.07) is 0. The summed E-state index contributed by atoms with van der Waals surface area (Å²) in [5.74, 6) is 0.619. The number of carboxylic acids is 1. The van der Waals surface area contributed by atoms with Gasteiger partial charge in [0.25, 0.3) is 0 Å². The third-order valence-electron chi connectivity index (χ3n) is 2.25. The molecule has 0 aromatic rings. The Kier molecular flexibility index (Phi) is 5.71. The predicted molar refractivity (Wildman–Crippen MR) is 51.6 cm³/mol. The molecule has 0 aliphatic rings. The topological polar surface area (TPSA) is 46.5 Å². The lowest BCUT2D eigenvalue weighted by atomic mass is 9.86. The number of ether oxygens (including phenoxy) is 1. The molecule has 0 aliphatic carbocycles. The maximum atomic E-state index is 10.2. The molecule has 0 radical (unpaired) electrons.